The fourth-order valence-electron chi connectivity index (χ4n) is 2.40. The van der Waals surface area contributed by atoms with E-state index in [0.29, 0.717) is 16.8 Å². The average Bonchev–Trinajstić information content (AvgIpc) is 2.92. The summed E-state index contributed by atoms with van der Waals surface area (Å²) in [6.45, 7) is 0. The van der Waals surface area contributed by atoms with Crippen molar-refractivity contribution in [1.29, 1.82) is 0 Å². The second-order valence-electron chi connectivity index (χ2n) is 5.17. The molecule has 2 aromatic carbocycles. The van der Waals surface area contributed by atoms with Crippen LogP contribution in [-0.2, 0) is 6.18 Å². The predicted octanol–water partition coefficient (Wildman–Crippen LogP) is 5.63. The van der Waals surface area contributed by atoms with Gasteiger partial charge in [-0.05, 0) is 29.8 Å². The largest absolute Gasteiger partial charge is 0.416 e. The van der Waals surface area contributed by atoms with Crippen molar-refractivity contribution < 1.29 is 26.3 Å². The van der Waals surface area contributed by atoms with Gasteiger partial charge in [0.05, 0.1) is 16.8 Å². The van der Waals surface area contributed by atoms with E-state index in [-0.39, 0.29) is 11.3 Å². The van der Waals surface area contributed by atoms with Crippen LogP contribution in [0.3, 0.4) is 0 Å². The highest BCUT2D eigenvalue weighted by molar-refractivity contribution is 5.67. The monoisotopic (exact) mass is 356 g/mol. The number of halogens is 6. The molecule has 0 aliphatic carbocycles. The average molecular weight is 356 g/mol. The number of benzene rings is 2. The maximum absolute atomic E-state index is 14.7. The topological polar surface area (TPSA) is 17.8 Å². The van der Waals surface area contributed by atoms with Crippen molar-refractivity contribution in [2.24, 2.45) is 0 Å². The number of para-hydroxylation sites is 1. The van der Waals surface area contributed by atoms with E-state index in [9.17, 15) is 26.3 Å². The van der Waals surface area contributed by atoms with Crippen molar-refractivity contribution >= 4 is 0 Å². The Morgan fingerprint density at radius 1 is 0.880 bits per heavy atom. The zero-order chi connectivity index (χ0) is 18.2. The lowest BCUT2D eigenvalue weighted by molar-refractivity contribution is -0.137. The Kier molecular flexibility index (Phi) is 4.28. The van der Waals surface area contributed by atoms with Crippen LogP contribution in [0.15, 0.2) is 54.6 Å². The first kappa shape index (κ1) is 17.1. The zero-order valence-corrected chi connectivity index (χ0v) is 12.4. The Balaban J connectivity index is 2.14. The summed E-state index contributed by atoms with van der Waals surface area (Å²) < 4.78 is 79.8. The lowest BCUT2D eigenvalue weighted by atomic mass is 10.0. The summed E-state index contributed by atoms with van der Waals surface area (Å²) in [6, 6.07) is 11.1. The van der Waals surface area contributed by atoms with Crippen molar-refractivity contribution in [1.82, 2.24) is 9.78 Å². The third-order valence-corrected chi connectivity index (χ3v) is 3.56. The fraction of sp³-hybridized carbons (Fsp3) is 0.118. The van der Waals surface area contributed by atoms with E-state index in [0.717, 1.165) is 12.1 Å². The molecule has 3 rings (SSSR count). The number of hydrogen-bond donors (Lipinski definition) is 0. The second-order valence-corrected chi connectivity index (χ2v) is 5.17. The number of hydrogen-bond acceptors (Lipinski definition) is 1. The molecule has 8 heteroatoms. The van der Waals surface area contributed by atoms with Crippen LogP contribution in [0, 0.1) is 5.95 Å². The quantitative estimate of drug-likeness (QED) is 0.556. The van der Waals surface area contributed by atoms with E-state index in [2.05, 4.69) is 5.10 Å². The second kappa shape index (κ2) is 6.27. The van der Waals surface area contributed by atoms with Crippen molar-refractivity contribution in [2.75, 3.05) is 0 Å². The Labute approximate surface area is 138 Å². The molecule has 0 fully saturated rings. The molecule has 0 saturated carbocycles. The van der Waals surface area contributed by atoms with Gasteiger partial charge in [0.15, 0.2) is 0 Å². The lowest BCUT2D eigenvalue weighted by Gasteiger charge is -2.08. The molecule has 0 amide bonds. The molecule has 2 nitrogen and oxygen atoms in total. The summed E-state index contributed by atoms with van der Waals surface area (Å²) in [5.74, 6) is -1.07. The van der Waals surface area contributed by atoms with Crippen molar-refractivity contribution in [3.8, 4) is 16.8 Å². The predicted molar refractivity (Wildman–Crippen MR) is 78.9 cm³/mol. The van der Waals surface area contributed by atoms with E-state index in [4.69, 9.17) is 0 Å². The number of nitrogens with zero attached hydrogens (tertiary/aromatic N) is 2. The van der Waals surface area contributed by atoms with Gasteiger partial charge in [0.1, 0.15) is 5.69 Å². The Hall–Kier alpha value is -2.77. The molecule has 0 saturated heterocycles. The van der Waals surface area contributed by atoms with Crippen LogP contribution in [0.2, 0.25) is 0 Å². The normalized spacial score (nSPS) is 12.0. The Morgan fingerprint density at radius 2 is 1.48 bits per heavy atom. The molecule has 0 bridgehead atoms. The van der Waals surface area contributed by atoms with Gasteiger partial charge < -0.3 is 0 Å². The first-order valence-electron chi connectivity index (χ1n) is 7.08. The van der Waals surface area contributed by atoms with E-state index >= 15 is 0 Å². The summed E-state index contributed by atoms with van der Waals surface area (Å²) in [5.41, 5.74) is -2.19. The summed E-state index contributed by atoms with van der Waals surface area (Å²) >= 11 is 0. The number of alkyl halides is 5. The minimum absolute atomic E-state index is 0.108. The van der Waals surface area contributed by atoms with Crippen molar-refractivity contribution in [3.05, 3.63) is 71.8 Å². The molecule has 0 radical (unpaired) electrons. The van der Waals surface area contributed by atoms with Crippen molar-refractivity contribution in [2.45, 2.75) is 12.6 Å². The van der Waals surface area contributed by atoms with Crippen LogP contribution in [0.25, 0.3) is 16.8 Å². The molecule has 0 spiro atoms. The van der Waals surface area contributed by atoms with Crippen LogP contribution >= 0.6 is 0 Å². The third-order valence-electron chi connectivity index (χ3n) is 3.56. The van der Waals surface area contributed by atoms with Gasteiger partial charge in [-0.25, -0.2) is 13.5 Å². The zero-order valence-electron chi connectivity index (χ0n) is 12.4. The van der Waals surface area contributed by atoms with Gasteiger partial charge in [0, 0.05) is 0 Å². The minimum atomic E-state index is -4.57. The summed E-state index contributed by atoms with van der Waals surface area (Å²) in [5, 5.41) is 3.60. The van der Waals surface area contributed by atoms with Crippen LogP contribution in [0.5, 0.6) is 0 Å². The maximum Gasteiger partial charge on any atom is 0.416 e. The fourth-order valence-corrected chi connectivity index (χ4v) is 2.40. The molecule has 0 N–H and O–H groups in total. The van der Waals surface area contributed by atoms with E-state index in [1.807, 2.05) is 0 Å². The van der Waals surface area contributed by atoms with Crippen LogP contribution in [0.1, 0.15) is 17.7 Å². The maximum atomic E-state index is 14.7. The third kappa shape index (κ3) is 3.24. The molecular formula is C17H10F6N2. The summed E-state index contributed by atoms with van der Waals surface area (Å²) in [7, 11) is 0. The SMILES string of the molecule is Fc1c(-c2ccc(C(F)(F)F)cc2)c(C(F)F)nn1-c1ccccc1. The smallest absolute Gasteiger partial charge is 0.206 e. The number of aromatic nitrogens is 2. The first-order valence-corrected chi connectivity index (χ1v) is 7.08. The van der Waals surface area contributed by atoms with Gasteiger partial charge in [0.25, 0.3) is 6.43 Å². The molecule has 0 atom stereocenters. The molecule has 1 heterocycles. The van der Waals surface area contributed by atoms with Gasteiger partial charge >= 0.3 is 6.18 Å². The van der Waals surface area contributed by atoms with Crippen molar-refractivity contribution in [3.63, 3.8) is 0 Å². The highest BCUT2D eigenvalue weighted by Gasteiger charge is 2.31. The van der Waals surface area contributed by atoms with Gasteiger partial charge in [-0.3, -0.25) is 0 Å². The standard InChI is InChI=1S/C17H10F6N2/c18-15(19)14-13(10-6-8-11(9-7-10)17(21,22)23)16(20)25(24-14)12-4-2-1-3-5-12/h1-9,15H. The van der Waals surface area contributed by atoms with Gasteiger partial charge in [-0.15, -0.1) is 0 Å². The molecule has 1 aromatic heterocycles. The Morgan fingerprint density at radius 3 is 2.00 bits per heavy atom. The summed E-state index contributed by atoms with van der Waals surface area (Å²) in [4.78, 5) is 0. The molecule has 0 aliphatic heterocycles. The molecule has 0 aliphatic rings. The van der Waals surface area contributed by atoms with Crippen LogP contribution in [-0.4, -0.2) is 9.78 Å². The highest BCUT2D eigenvalue weighted by atomic mass is 19.4. The summed E-state index contributed by atoms with van der Waals surface area (Å²) in [6.07, 6.45) is -7.66. The van der Waals surface area contributed by atoms with E-state index < -0.39 is 35.4 Å². The Bertz CT molecular complexity index is 867. The van der Waals surface area contributed by atoms with E-state index in [1.54, 1.807) is 18.2 Å². The molecule has 130 valence electrons. The highest BCUT2D eigenvalue weighted by Crippen LogP contribution is 2.36. The van der Waals surface area contributed by atoms with Crippen LogP contribution in [0.4, 0.5) is 26.3 Å². The van der Waals surface area contributed by atoms with Gasteiger partial charge in [-0.2, -0.15) is 22.7 Å². The first-order chi connectivity index (χ1) is 11.8. The molecule has 3 aromatic rings. The lowest BCUT2D eigenvalue weighted by Crippen LogP contribution is -2.04. The van der Waals surface area contributed by atoms with Crippen LogP contribution < -0.4 is 0 Å². The molecule has 25 heavy (non-hydrogen) atoms. The van der Waals surface area contributed by atoms with E-state index in [1.165, 1.54) is 12.1 Å². The van der Waals surface area contributed by atoms with Gasteiger partial charge in [-0.1, -0.05) is 30.3 Å². The minimum Gasteiger partial charge on any atom is -0.206 e. The molecule has 0 unspecified atom stereocenters. The van der Waals surface area contributed by atoms with Gasteiger partial charge in [0.2, 0.25) is 5.95 Å². The molecular weight excluding hydrogens is 346 g/mol. The number of rotatable bonds is 3.